The maximum Gasteiger partial charge on any atom is 0.345 e. The van der Waals surface area contributed by atoms with E-state index < -0.39 is 0 Å². The second-order valence-corrected chi connectivity index (χ2v) is 3.79. The number of hydrogen-bond donors (Lipinski definition) is 2. The number of aryl methyl sites for hydroxylation is 1. The van der Waals surface area contributed by atoms with Crippen molar-refractivity contribution in [1.29, 1.82) is 0 Å². The smallest absolute Gasteiger partial charge is 0.317 e. The van der Waals surface area contributed by atoms with E-state index in [2.05, 4.69) is 15.3 Å². The monoisotopic (exact) mass is 193 g/mol. The van der Waals surface area contributed by atoms with E-state index in [1.807, 2.05) is 6.92 Å². The zero-order valence-electron chi connectivity index (χ0n) is 8.34. The van der Waals surface area contributed by atoms with Gasteiger partial charge in [-0.05, 0) is 44.3 Å². The van der Waals surface area contributed by atoms with E-state index >= 15 is 0 Å². The molecule has 0 aromatic carbocycles. The molecule has 1 aromatic heterocycles. The average molecular weight is 193 g/mol. The van der Waals surface area contributed by atoms with Gasteiger partial charge in [-0.25, -0.2) is 9.78 Å². The van der Waals surface area contributed by atoms with Gasteiger partial charge in [-0.15, -0.1) is 0 Å². The molecule has 1 aliphatic rings. The molecular formula is C10H15N3O. The predicted molar refractivity (Wildman–Crippen MR) is 54.4 cm³/mol. The van der Waals surface area contributed by atoms with E-state index in [-0.39, 0.29) is 5.69 Å². The van der Waals surface area contributed by atoms with Crippen molar-refractivity contribution < 1.29 is 0 Å². The van der Waals surface area contributed by atoms with Gasteiger partial charge >= 0.3 is 5.69 Å². The Labute approximate surface area is 82.8 Å². The van der Waals surface area contributed by atoms with E-state index in [9.17, 15) is 4.79 Å². The SMILES string of the molecule is Cc1[nH]c(=O)ncc1C1CCNCC1. The van der Waals surface area contributed by atoms with Crippen LogP contribution in [-0.4, -0.2) is 23.1 Å². The summed E-state index contributed by atoms with van der Waals surface area (Å²) in [5.74, 6) is 0.556. The van der Waals surface area contributed by atoms with Crippen molar-refractivity contribution in [3.05, 3.63) is 27.9 Å². The van der Waals surface area contributed by atoms with Gasteiger partial charge in [0.2, 0.25) is 0 Å². The van der Waals surface area contributed by atoms with Crippen molar-refractivity contribution in [2.75, 3.05) is 13.1 Å². The topological polar surface area (TPSA) is 57.8 Å². The summed E-state index contributed by atoms with van der Waals surface area (Å²) in [5.41, 5.74) is 1.92. The lowest BCUT2D eigenvalue weighted by atomic mass is 9.90. The highest BCUT2D eigenvalue weighted by molar-refractivity contribution is 5.20. The molecule has 0 spiro atoms. The molecule has 14 heavy (non-hydrogen) atoms. The molecule has 4 nitrogen and oxygen atoms in total. The molecule has 4 heteroatoms. The molecule has 1 aromatic rings. The molecular weight excluding hydrogens is 178 g/mol. The minimum atomic E-state index is -0.250. The first kappa shape index (κ1) is 9.40. The summed E-state index contributed by atoms with van der Waals surface area (Å²) in [6.07, 6.45) is 3.99. The summed E-state index contributed by atoms with van der Waals surface area (Å²) >= 11 is 0. The minimum absolute atomic E-state index is 0.250. The van der Waals surface area contributed by atoms with E-state index in [0.717, 1.165) is 31.6 Å². The van der Waals surface area contributed by atoms with Gasteiger partial charge in [-0.2, -0.15) is 0 Å². The first-order valence-electron chi connectivity index (χ1n) is 5.04. The lowest BCUT2D eigenvalue weighted by molar-refractivity contribution is 0.457. The van der Waals surface area contributed by atoms with Gasteiger partial charge < -0.3 is 10.3 Å². The fourth-order valence-corrected chi connectivity index (χ4v) is 2.03. The molecule has 0 atom stereocenters. The second-order valence-electron chi connectivity index (χ2n) is 3.79. The molecule has 0 saturated carbocycles. The molecule has 2 rings (SSSR count). The van der Waals surface area contributed by atoms with Gasteiger partial charge in [0.25, 0.3) is 0 Å². The highest BCUT2D eigenvalue weighted by atomic mass is 16.1. The van der Waals surface area contributed by atoms with Crippen LogP contribution in [0.4, 0.5) is 0 Å². The maximum atomic E-state index is 10.9. The number of aromatic nitrogens is 2. The van der Waals surface area contributed by atoms with Crippen LogP contribution in [0.2, 0.25) is 0 Å². The average Bonchev–Trinajstić information content (AvgIpc) is 2.19. The summed E-state index contributed by atoms with van der Waals surface area (Å²) in [4.78, 5) is 17.5. The second kappa shape index (κ2) is 3.92. The number of rotatable bonds is 1. The van der Waals surface area contributed by atoms with Gasteiger partial charge in [0.05, 0.1) is 0 Å². The summed E-state index contributed by atoms with van der Waals surface area (Å²) < 4.78 is 0. The molecule has 1 aliphatic heterocycles. The molecule has 0 aliphatic carbocycles. The van der Waals surface area contributed by atoms with E-state index in [1.165, 1.54) is 5.56 Å². The number of piperidine rings is 1. The first-order valence-corrected chi connectivity index (χ1v) is 5.04. The van der Waals surface area contributed by atoms with Gasteiger partial charge in [0.1, 0.15) is 0 Å². The predicted octanol–water partition coefficient (Wildman–Crippen LogP) is 0.545. The number of nitrogens with one attached hydrogen (secondary N) is 2. The van der Waals surface area contributed by atoms with Crippen molar-refractivity contribution in [3.63, 3.8) is 0 Å². The third-order valence-corrected chi connectivity index (χ3v) is 2.83. The molecule has 76 valence electrons. The first-order chi connectivity index (χ1) is 6.77. The fraction of sp³-hybridized carbons (Fsp3) is 0.600. The summed E-state index contributed by atoms with van der Waals surface area (Å²) in [6, 6.07) is 0. The van der Waals surface area contributed by atoms with E-state index in [4.69, 9.17) is 0 Å². The molecule has 1 fully saturated rings. The van der Waals surface area contributed by atoms with Crippen LogP contribution in [0.5, 0.6) is 0 Å². The number of H-pyrrole nitrogens is 1. The normalized spacial score (nSPS) is 18.4. The van der Waals surface area contributed by atoms with E-state index in [0.29, 0.717) is 5.92 Å². The van der Waals surface area contributed by atoms with Crippen LogP contribution in [0.15, 0.2) is 11.0 Å². The van der Waals surface area contributed by atoms with Gasteiger partial charge in [0, 0.05) is 11.9 Å². The largest absolute Gasteiger partial charge is 0.345 e. The van der Waals surface area contributed by atoms with Crippen LogP contribution in [0.3, 0.4) is 0 Å². The number of hydrogen-bond acceptors (Lipinski definition) is 3. The third-order valence-electron chi connectivity index (χ3n) is 2.83. The molecule has 2 heterocycles. The number of nitrogens with zero attached hydrogens (tertiary/aromatic N) is 1. The Bertz CT molecular complexity index is 366. The standard InChI is InChI=1S/C10H15N3O/c1-7-9(6-12-10(14)13-7)8-2-4-11-5-3-8/h6,8,11H,2-5H2,1H3,(H,12,13,14). The lowest BCUT2D eigenvalue weighted by Crippen LogP contribution is -2.27. The van der Waals surface area contributed by atoms with Crippen LogP contribution in [0.25, 0.3) is 0 Å². The Morgan fingerprint density at radius 1 is 1.43 bits per heavy atom. The summed E-state index contributed by atoms with van der Waals surface area (Å²) in [6.45, 7) is 4.06. The van der Waals surface area contributed by atoms with Crippen LogP contribution < -0.4 is 11.0 Å². The number of aromatic amines is 1. The molecule has 0 bridgehead atoms. The zero-order valence-corrected chi connectivity index (χ0v) is 8.34. The molecule has 1 saturated heterocycles. The summed E-state index contributed by atoms with van der Waals surface area (Å²) in [5, 5.41) is 3.32. The van der Waals surface area contributed by atoms with Crippen molar-refractivity contribution in [2.45, 2.75) is 25.7 Å². The zero-order chi connectivity index (χ0) is 9.97. The maximum absolute atomic E-state index is 10.9. The van der Waals surface area contributed by atoms with Crippen LogP contribution in [-0.2, 0) is 0 Å². The summed E-state index contributed by atoms with van der Waals surface area (Å²) in [7, 11) is 0. The van der Waals surface area contributed by atoms with Crippen LogP contribution in [0, 0.1) is 6.92 Å². The Hall–Kier alpha value is -1.16. The van der Waals surface area contributed by atoms with Gasteiger partial charge in [-0.3, -0.25) is 0 Å². The molecule has 0 amide bonds. The van der Waals surface area contributed by atoms with Crippen molar-refractivity contribution >= 4 is 0 Å². The van der Waals surface area contributed by atoms with Gasteiger partial charge in [-0.1, -0.05) is 0 Å². The van der Waals surface area contributed by atoms with Crippen molar-refractivity contribution in [2.24, 2.45) is 0 Å². The van der Waals surface area contributed by atoms with Crippen molar-refractivity contribution in [1.82, 2.24) is 15.3 Å². The lowest BCUT2D eigenvalue weighted by Gasteiger charge is -2.23. The molecule has 2 N–H and O–H groups in total. The third kappa shape index (κ3) is 1.85. The Morgan fingerprint density at radius 3 is 2.79 bits per heavy atom. The highest BCUT2D eigenvalue weighted by Gasteiger charge is 2.17. The molecule has 0 unspecified atom stereocenters. The molecule has 0 radical (unpaired) electrons. The van der Waals surface area contributed by atoms with Crippen LogP contribution >= 0.6 is 0 Å². The minimum Gasteiger partial charge on any atom is -0.317 e. The Balaban J connectivity index is 2.26. The van der Waals surface area contributed by atoms with Gasteiger partial charge in [0.15, 0.2) is 0 Å². The van der Waals surface area contributed by atoms with Crippen molar-refractivity contribution in [3.8, 4) is 0 Å². The van der Waals surface area contributed by atoms with Crippen LogP contribution in [0.1, 0.15) is 30.0 Å². The fourth-order valence-electron chi connectivity index (χ4n) is 2.03. The quantitative estimate of drug-likeness (QED) is 0.684. The van der Waals surface area contributed by atoms with E-state index in [1.54, 1.807) is 6.20 Å². The Morgan fingerprint density at radius 2 is 2.14 bits per heavy atom. The Kier molecular flexibility index (Phi) is 2.63. The highest BCUT2D eigenvalue weighted by Crippen LogP contribution is 2.25.